The fraction of sp³-hybridized carbons (Fsp3) is 0.525. The normalized spacial score (nSPS) is 27.4. The molecule has 4 aliphatic rings. The Morgan fingerprint density at radius 1 is 0.979 bits per heavy atom. The summed E-state index contributed by atoms with van der Waals surface area (Å²) >= 11 is 1.20. The number of hydrogen-bond acceptors (Lipinski definition) is 6. The molecule has 0 radical (unpaired) electrons. The van der Waals surface area contributed by atoms with E-state index in [2.05, 4.69) is 32.1 Å². The molecule has 0 amide bonds. The Balaban J connectivity index is 1.43. The molecule has 1 aromatic heterocycles. The van der Waals surface area contributed by atoms with Crippen LogP contribution in [0, 0.1) is 11.3 Å². The summed E-state index contributed by atoms with van der Waals surface area (Å²) in [5.41, 5.74) is 2.70. The van der Waals surface area contributed by atoms with Gasteiger partial charge in [0.2, 0.25) is 0 Å². The molecule has 7 rings (SSSR count). The van der Waals surface area contributed by atoms with Gasteiger partial charge in [-0.25, -0.2) is 8.42 Å². The van der Waals surface area contributed by atoms with Gasteiger partial charge < -0.3 is 10.2 Å². The van der Waals surface area contributed by atoms with Crippen molar-refractivity contribution in [2.75, 3.05) is 6.54 Å². The largest absolute Gasteiger partial charge is 0.393 e. The summed E-state index contributed by atoms with van der Waals surface area (Å²) in [6.07, 6.45) is 11.2. The Bertz CT molecular complexity index is 1700. The lowest BCUT2D eigenvalue weighted by atomic mass is 9.64. The first-order valence-corrected chi connectivity index (χ1v) is 20.1. The standard InChI is InChI=1S/C40H51NO5S2/c1-29-11-9-22-39(2)36(34-20-18-31(25-33(42)19-17-29)26-35(34)38(43)32-14-7-4-8-15-32)21-23-40(39,44)28-41(27-30-12-5-3-6-13-30)48(45,46)37-16-10-24-47-37/h3,5-6,10-13,16,18,20,24,26,32-33,36,42,44H,4,7-9,14-15,17,19,21-23,25,27-28H2,1-2H3/t33-,36-,39-,40+/m0/s1. The SMILES string of the molecule is CC1=CCC[C@@]2(C)[C@@H](CC[C@@]2(O)CN(Cc2ccccc2)S(=O)(=O)c2cccs2)c2ccc(cc2C(=O)C2CCCCC2)C[C@@H](O)CC1. The second-order valence-electron chi connectivity index (χ2n) is 14.8. The Morgan fingerprint density at radius 3 is 2.48 bits per heavy atom. The van der Waals surface area contributed by atoms with Crippen molar-refractivity contribution < 1.29 is 23.4 Å². The average molecular weight is 690 g/mol. The van der Waals surface area contributed by atoms with Gasteiger partial charge in [0.25, 0.3) is 10.0 Å². The van der Waals surface area contributed by atoms with Crippen molar-refractivity contribution >= 4 is 27.1 Å². The van der Waals surface area contributed by atoms with Gasteiger partial charge in [-0.1, -0.05) is 86.4 Å². The summed E-state index contributed by atoms with van der Waals surface area (Å²) in [5.74, 6) is 0.0438. The van der Waals surface area contributed by atoms with E-state index in [9.17, 15) is 23.4 Å². The van der Waals surface area contributed by atoms with Crippen LogP contribution >= 0.6 is 11.3 Å². The number of nitrogens with zero attached hydrogens (tertiary/aromatic N) is 1. The van der Waals surface area contributed by atoms with E-state index in [1.165, 1.54) is 21.2 Å². The number of hydrogen-bond donors (Lipinski definition) is 2. The van der Waals surface area contributed by atoms with Crippen LogP contribution in [0.3, 0.4) is 0 Å². The van der Waals surface area contributed by atoms with Crippen molar-refractivity contribution in [1.29, 1.82) is 0 Å². The maximum atomic E-state index is 14.3. The Labute approximate surface area is 291 Å². The zero-order valence-corrected chi connectivity index (χ0v) is 30.1. The van der Waals surface area contributed by atoms with E-state index in [0.717, 1.165) is 67.2 Å². The lowest BCUT2D eigenvalue weighted by Crippen LogP contribution is -2.53. The van der Waals surface area contributed by atoms with Crippen LogP contribution < -0.4 is 0 Å². The number of rotatable bonds is 8. The van der Waals surface area contributed by atoms with Crippen molar-refractivity contribution in [3.63, 3.8) is 0 Å². The first kappa shape index (κ1) is 35.2. The number of thiophene rings is 1. The number of aliphatic hydroxyl groups is 2. The summed E-state index contributed by atoms with van der Waals surface area (Å²) < 4.78 is 30.2. The lowest BCUT2D eigenvalue weighted by Gasteiger charge is -2.46. The minimum atomic E-state index is -3.89. The Kier molecular flexibility index (Phi) is 10.8. The fourth-order valence-corrected chi connectivity index (χ4v) is 11.3. The molecule has 4 atom stereocenters. The highest BCUT2D eigenvalue weighted by Crippen LogP contribution is 2.59. The van der Waals surface area contributed by atoms with Gasteiger partial charge in [0.15, 0.2) is 5.78 Å². The highest BCUT2D eigenvalue weighted by molar-refractivity contribution is 7.91. The number of benzene rings is 2. The molecule has 2 fully saturated rings. The first-order valence-electron chi connectivity index (χ1n) is 17.8. The molecule has 0 aliphatic heterocycles. The highest BCUT2D eigenvalue weighted by atomic mass is 32.2. The predicted molar refractivity (Wildman–Crippen MR) is 193 cm³/mol. The first-order chi connectivity index (χ1) is 23.0. The van der Waals surface area contributed by atoms with E-state index in [1.807, 2.05) is 36.4 Å². The number of fused-ring (bicyclic) bond motifs is 8. The molecule has 258 valence electrons. The molecule has 0 unspecified atom stereocenters. The third-order valence-corrected chi connectivity index (χ3v) is 14.8. The second kappa shape index (κ2) is 14.7. The van der Waals surface area contributed by atoms with E-state index < -0.39 is 27.1 Å². The molecule has 2 N–H and O–H groups in total. The molecular formula is C40H51NO5S2. The van der Waals surface area contributed by atoms with Crippen LogP contribution in [0.15, 0.2) is 81.9 Å². The highest BCUT2D eigenvalue weighted by Gasteiger charge is 2.58. The van der Waals surface area contributed by atoms with Gasteiger partial charge >= 0.3 is 0 Å². The molecule has 1 heterocycles. The van der Waals surface area contributed by atoms with E-state index in [-0.39, 0.29) is 34.9 Å². The van der Waals surface area contributed by atoms with Crippen LogP contribution in [-0.4, -0.2) is 47.0 Å². The molecule has 4 aliphatic carbocycles. The minimum Gasteiger partial charge on any atom is -0.393 e. The quantitative estimate of drug-likeness (QED) is 0.183. The van der Waals surface area contributed by atoms with Gasteiger partial charge in [0.05, 0.1) is 11.7 Å². The molecule has 8 heteroatoms. The van der Waals surface area contributed by atoms with Crippen molar-refractivity contribution in [3.05, 3.63) is 99.9 Å². The average Bonchev–Trinajstić information content (AvgIpc) is 3.72. The fourth-order valence-electron chi connectivity index (χ4n) is 8.64. The Morgan fingerprint density at radius 2 is 1.75 bits per heavy atom. The number of aliphatic hydroxyl groups excluding tert-OH is 1. The molecule has 48 heavy (non-hydrogen) atoms. The second-order valence-corrected chi connectivity index (χ2v) is 18.0. The van der Waals surface area contributed by atoms with E-state index in [1.54, 1.807) is 17.5 Å². The van der Waals surface area contributed by atoms with Crippen molar-refractivity contribution in [2.24, 2.45) is 11.3 Å². The monoisotopic (exact) mass is 689 g/mol. The summed E-state index contributed by atoms with van der Waals surface area (Å²) in [6, 6.07) is 19.2. The molecule has 6 nitrogen and oxygen atoms in total. The smallest absolute Gasteiger partial charge is 0.252 e. The van der Waals surface area contributed by atoms with E-state index in [0.29, 0.717) is 32.1 Å². The third kappa shape index (κ3) is 7.29. The van der Waals surface area contributed by atoms with E-state index in [4.69, 9.17) is 0 Å². The molecule has 2 bridgehead atoms. The van der Waals surface area contributed by atoms with Gasteiger partial charge in [-0.15, -0.1) is 11.3 Å². The summed E-state index contributed by atoms with van der Waals surface area (Å²) in [5, 5.41) is 25.7. The number of allylic oxidation sites excluding steroid dienone is 2. The van der Waals surface area contributed by atoms with E-state index >= 15 is 0 Å². The summed E-state index contributed by atoms with van der Waals surface area (Å²) in [6.45, 7) is 4.35. The number of carbonyl (C=O) groups is 1. The topological polar surface area (TPSA) is 94.9 Å². The zero-order valence-electron chi connectivity index (χ0n) is 28.4. The Hall–Kier alpha value is -2.62. The summed E-state index contributed by atoms with van der Waals surface area (Å²) in [7, 11) is -3.89. The lowest BCUT2D eigenvalue weighted by molar-refractivity contribution is -0.0731. The molecule has 0 spiro atoms. The van der Waals surface area contributed by atoms with Gasteiger partial charge in [0.1, 0.15) is 4.21 Å². The maximum absolute atomic E-state index is 14.3. The van der Waals surface area contributed by atoms with Gasteiger partial charge in [-0.3, -0.25) is 4.79 Å². The van der Waals surface area contributed by atoms with Crippen molar-refractivity contribution in [1.82, 2.24) is 4.31 Å². The number of carbonyl (C=O) groups excluding carboxylic acids is 1. The maximum Gasteiger partial charge on any atom is 0.252 e. The van der Waals surface area contributed by atoms with Crippen LogP contribution in [0.1, 0.15) is 117 Å². The van der Waals surface area contributed by atoms with Crippen molar-refractivity contribution in [2.45, 2.75) is 119 Å². The molecule has 2 aromatic carbocycles. The zero-order chi connectivity index (χ0) is 33.9. The summed E-state index contributed by atoms with van der Waals surface area (Å²) in [4.78, 5) is 14.3. The molecular weight excluding hydrogens is 639 g/mol. The van der Waals surface area contributed by atoms with Crippen LogP contribution in [-0.2, 0) is 23.0 Å². The number of sulfonamides is 1. The number of Topliss-reactive ketones (excluding diaryl/α,β-unsaturated/α-hetero) is 1. The molecule has 2 saturated carbocycles. The minimum absolute atomic E-state index is 0.00835. The molecule has 0 saturated heterocycles. The van der Waals surface area contributed by atoms with Gasteiger partial charge in [-0.2, -0.15) is 4.31 Å². The predicted octanol–water partition coefficient (Wildman–Crippen LogP) is 8.44. The van der Waals surface area contributed by atoms with Gasteiger partial charge in [0, 0.05) is 30.0 Å². The van der Waals surface area contributed by atoms with Gasteiger partial charge in [-0.05, 0) is 105 Å². The van der Waals surface area contributed by atoms with Crippen molar-refractivity contribution in [3.8, 4) is 0 Å². The van der Waals surface area contributed by atoms with Crippen LogP contribution in [0.5, 0.6) is 0 Å². The van der Waals surface area contributed by atoms with Crippen LogP contribution in [0.4, 0.5) is 0 Å². The number of ketones is 1. The third-order valence-electron chi connectivity index (χ3n) is 11.6. The van der Waals surface area contributed by atoms with Crippen LogP contribution in [0.25, 0.3) is 0 Å². The molecule has 3 aromatic rings. The van der Waals surface area contributed by atoms with Crippen LogP contribution in [0.2, 0.25) is 0 Å².